The molecule has 0 aromatic heterocycles. The van der Waals surface area contributed by atoms with Crippen LogP contribution >= 0.6 is 0 Å². The predicted octanol–water partition coefficient (Wildman–Crippen LogP) is 1.87. The van der Waals surface area contributed by atoms with Crippen molar-refractivity contribution in [2.24, 2.45) is 0 Å². The molecule has 0 radical (unpaired) electrons. The van der Waals surface area contributed by atoms with E-state index in [0.29, 0.717) is 0 Å². The van der Waals surface area contributed by atoms with Gasteiger partial charge in [0.2, 0.25) is 0 Å². The molecule has 0 heterocycles. The normalized spacial score (nSPS) is 19.6. The second-order valence-corrected chi connectivity index (χ2v) is 2.46. The lowest BCUT2D eigenvalue weighted by Gasteiger charge is -2.11. The molecule has 1 aliphatic rings. The molecular formula is C8H10O. The van der Waals surface area contributed by atoms with Crippen LogP contribution in [0.3, 0.4) is 0 Å². The van der Waals surface area contributed by atoms with E-state index < -0.39 is 0 Å². The Kier molecular flexibility index (Phi) is 1.86. The molecule has 0 aliphatic heterocycles. The van der Waals surface area contributed by atoms with Gasteiger partial charge in [0, 0.05) is 5.57 Å². The van der Waals surface area contributed by atoms with Crippen molar-refractivity contribution < 1.29 is 4.79 Å². The van der Waals surface area contributed by atoms with Gasteiger partial charge in [-0.3, -0.25) is 0 Å². The van der Waals surface area contributed by atoms with Crippen molar-refractivity contribution in [1.29, 1.82) is 0 Å². The Morgan fingerprint density at radius 3 is 2.22 bits per heavy atom. The van der Waals surface area contributed by atoms with Gasteiger partial charge in [-0.1, -0.05) is 12.2 Å². The average Bonchev–Trinajstić information content (AvgIpc) is 1.90. The van der Waals surface area contributed by atoms with E-state index in [1.54, 1.807) is 0 Å². The summed E-state index contributed by atoms with van der Waals surface area (Å²) in [5, 5.41) is 0. The zero-order chi connectivity index (χ0) is 6.69. The van der Waals surface area contributed by atoms with Crippen molar-refractivity contribution in [2.45, 2.75) is 25.7 Å². The summed E-state index contributed by atoms with van der Waals surface area (Å²) in [4.78, 5) is 10.1. The molecule has 0 unspecified atom stereocenters. The van der Waals surface area contributed by atoms with Crippen LogP contribution in [-0.2, 0) is 4.79 Å². The summed E-state index contributed by atoms with van der Waals surface area (Å²) in [6.45, 7) is 3.84. The van der Waals surface area contributed by atoms with Crippen LogP contribution in [-0.4, -0.2) is 5.94 Å². The first-order valence-corrected chi connectivity index (χ1v) is 3.22. The van der Waals surface area contributed by atoms with E-state index in [-0.39, 0.29) is 0 Å². The van der Waals surface area contributed by atoms with E-state index in [1.807, 2.05) is 5.94 Å². The van der Waals surface area contributed by atoms with Crippen molar-refractivity contribution in [1.82, 2.24) is 0 Å². The number of carbonyl (C=O) groups excluding carboxylic acids is 1. The van der Waals surface area contributed by atoms with Crippen LogP contribution in [0.2, 0.25) is 0 Å². The first kappa shape index (κ1) is 6.31. The van der Waals surface area contributed by atoms with E-state index >= 15 is 0 Å². The van der Waals surface area contributed by atoms with Crippen LogP contribution in [0, 0.1) is 0 Å². The lowest BCUT2D eigenvalue weighted by Crippen LogP contribution is -1.96. The molecule has 1 nitrogen and oxygen atoms in total. The van der Waals surface area contributed by atoms with Crippen molar-refractivity contribution in [3.8, 4) is 0 Å². The van der Waals surface area contributed by atoms with Crippen molar-refractivity contribution in [3.63, 3.8) is 0 Å². The summed E-state index contributed by atoms with van der Waals surface area (Å²) in [5.74, 6) is 1.95. The lowest BCUT2D eigenvalue weighted by molar-refractivity contribution is 0.562. The Bertz CT molecular complexity index is 161. The van der Waals surface area contributed by atoms with Crippen LogP contribution in [0.1, 0.15) is 25.7 Å². The predicted molar refractivity (Wildman–Crippen MR) is 36.8 cm³/mol. The molecule has 0 aromatic carbocycles. The summed E-state index contributed by atoms with van der Waals surface area (Å²) in [5.41, 5.74) is 2.21. The van der Waals surface area contributed by atoms with Gasteiger partial charge in [-0.25, -0.2) is 4.79 Å². The monoisotopic (exact) mass is 122 g/mol. The number of rotatable bonds is 0. The number of allylic oxidation sites excluding steroid dienone is 2. The summed E-state index contributed by atoms with van der Waals surface area (Å²) in [6, 6.07) is 0. The standard InChI is InChI=1S/C8H10O/c1-7-2-4-8(6-9)5-3-7/h1-5H2. The number of hydrogen-bond donors (Lipinski definition) is 0. The Balaban J connectivity index is 2.53. The first-order valence-electron chi connectivity index (χ1n) is 3.22. The average molecular weight is 122 g/mol. The highest BCUT2D eigenvalue weighted by atomic mass is 16.1. The molecule has 1 aliphatic carbocycles. The van der Waals surface area contributed by atoms with Crippen molar-refractivity contribution in [3.05, 3.63) is 17.7 Å². The van der Waals surface area contributed by atoms with Crippen LogP contribution in [0.15, 0.2) is 17.7 Å². The number of hydrogen-bond acceptors (Lipinski definition) is 1. The third-order valence-electron chi connectivity index (χ3n) is 1.70. The molecule has 9 heavy (non-hydrogen) atoms. The highest BCUT2D eigenvalue weighted by Crippen LogP contribution is 2.23. The smallest absolute Gasteiger partial charge is 0.123 e. The third kappa shape index (κ3) is 1.55. The Morgan fingerprint density at radius 2 is 1.78 bits per heavy atom. The van der Waals surface area contributed by atoms with Gasteiger partial charge in [0.15, 0.2) is 0 Å². The maximum atomic E-state index is 10.1. The summed E-state index contributed by atoms with van der Waals surface area (Å²) in [7, 11) is 0. The molecule has 48 valence electrons. The molecule has 0 amide bonds. The minimum atomic E-state index is 0.891. The highest BCUT2D eigenvalue weighted by molar-refractivity contribution is 5.53. The van der Waals surface area contributed by atoms with Crippen LogP contribution in [0.25, 0.3) is 0 Å². The fourth-order valence-corrected chi connectivity index (χ4v) is 1.01. The molecule has 0 saturated heterocycles. The summed E-state index contributed by atoms with van der Waals surface area (Å²) < 4.78 is 0. The maximum Gasteiger partial charge on any atom is 0.123 e. The Morgan fingerprint density at radius 1 is 1.22 bits per heavy atom. The SMILES string of the molecule is C=C1CCC(=C=O)CC1. The topological polar surface area (TPSA) is 17.1 Å². The van der Waals surface area contributed by atoms with Crippen molar-refractivity contribution >= 4 is 5.94 Å². The van der Waals surface area contributed by atoms with Crippen LogP contribution in [0.4, 0.5) is 0 Å². The molecule has 0 aromatic rings. The summed E-state index contributed by atoms with van der Waals surface area (Å²) in [6.07, 6.45) is 3.76. The van der Waals surface area contributed by atoms with E-state index in [4.69, 9.17) is 0 Å². The second-order valence-electron chi connectivity index (χ2n) is 2.46. The molecule has 1 fully saturated rings. The molecular weight excluding hydrogens is 112 g/mol. The Hall–Kier alpha value is -0.810. The largest absolute Gasteiger partial charge is 0.234 e. The second kappa shape index (κ2) is 2.65. The molecule has 0 bridgehead atoms. The fourth-order valence-electron chi connectivity index (χ4n) is 1.01. The fraction of sp³-hybridized carbons (Fsp3) is 0.500. The molecule has 0 N–H and O–H groups in total. The van der Waals surface area contributed by atoms with Gasteiger partial charge < -0.3 is 0 Å². The van der Waals surface area contributed by atoms with Crippen LogP contribution in [0.5, 0.6) is 0 Å². The van der Waals surface area contributed by atoms with E-state index in [0.717, 1.165) is 31.3 Å². The highest BCUT2D eigenvalue weighted by Gasteiger charge is 2.07. The zero-order valence-electron chi connectivity index (χ0n) is 5.44. The van der Waals surface area contributed by atoms with Crippen LogP contribution < -0.4 is 0 Å². The van der Waals surface area contributed by atoms with Gasteiger partial charge >= 0.3 is 0 Å². The van der Waals surface area contributed by atoms with Crippen molar-refractivity contribution in [2.75, 3.05) is 0 Å². The molecule has 1 heteroatoms. The van der Waals surface area contributed by atoms with Gasteiger partial charge in [-0.2, -0.15) is 0 Å². The molecule has 0 spiro atoms. The Labute approximate surface area is 55.1 Å². The minimum Gasteiger partial charge on any atom is -0.234 e. The lowest BCUT2D eigenvalue weighted by atomic mass is 9.93. The van der Waals surface area contributed by atoms with Gasteiger partial charge in [0.1, 0.15) is 5.94 Å². The van der Waals surface area contributed by atoms with Gasteiger partial charge in [-0.15, -0.1) is 0 Å². The van der Waals surface area contributed by atoms with E-state index in [1.165, 1.54) is 5.57 Å². The first-order chi connectivity index (χ1) is 4.33. The quantitative estimate of drug-likeness (QED) is 0.354. The van der Waals surface area contributed by atoms with E-state index in [9.17, 15) is 4.79 Å². The molecule has 1 rings (SSSR count). The van der Waals surface area contributed by atoms with Gasteiger partial charge in [0.25, 0.3) is 0 Å². The zero-order valence-corrected chi connectivity index (χ0v) is 5.44. The molecule has 1 saturated carbocycles. The summed E-state index contributed by atoms with van der Waals surface area (Å²) >= 11 is 0. The van der Waals surface area contributed by atoms with Gasteiger partial charge in [0.05, 0.1) is 0 Å². The molecule has 0 atom stereocenters. The third-order valence-corrected chi connectivity index (χ3v) is 1.70. The van der Waals surface area contributed by atoms with Gasteiger partial charge in [-0.05, 0) is 25.7 Å². The van der Waals surface area contributed by atoms with E-state index in [2.05, 4.69) is 6.58 Å². The maximum absolute atomic E-state index is 10.1. The minimum absolute atomic E-state index is 0.891.